The zero-order chi connectivity index (χ0) is 18.0. The molecule has 0 spiro atoms. The van der Waals surface area contributed by atoms with Crippen LogP contribution in [0.25, 0.3) is 5.65 Å². The Bertz CT molecular complexity index is 1020. The fourth-order valence-electron chi connectivity index (χ4n) is 2.38. The van der Waals surface area contributed by atoms with E-state index < -0.39 is 16.2 Å². The molecule has 25 heavy (non-hydrogen) atoms. The molecule has 1 N–H and O–H groups in total. The molecule has 0 amide bonds. The van der Waals surface area contributed by atoms with Crippen molar-refractivity contribution in [3.05, 3.63) is 63.1 Å². The predicted octanol–water partition coefficient (Wildman–Crippen LogP) is 2.36. The van der Waals surface area contributed by atoms with E-state index in [2.05, 4.69) is 10.3 Å². The molecule has 0 radical (unpaired) electrons. The number of ether oxygens (including phenoxy) is 2. The van der Waals surface area contributed by atoms with E-state index in [1.807, 2.05) is 0 Å². The molecule has 0 saturated heterocycles. The van der Waals surface area contributed by atoms with Gasteiger partial charge in [0.25, 0.3) is 0 Å². The molecule has 128 valence electrons. The normalized spacial score (nSPS) is 10.5. The maximum atomic E-state index is 12.4. The van der Waals surface area contributed by atoms with E-state index in [-0.39, 0.29) is 5.82 Å². The van der Waals surface area contributed by atoms with Crippen LogP contribution in [0.5, 0.6) is 11.5 Å². The van der Waals surface area contributed by atoms with Crippen LogP contribution in [0.4, 0.5) is 17.2 Å². The molecule has 9 heteroatoms. The molecule has 3 aromatic rings. The van der Waals surface area contributed by atoms with Crippen LogP contribution in [0.1, 0.15) is 0 Å². The summed E-state index contributed by atoms with van der Waals surface area (Å²) in [5, 5.41) is 14.2. The van der Waals surface area contributed by atoms with Crippen molar-refractivity contribution in [1.82, 2.24) is 9.38 Å². The average molecular weight is 342 g/mol. The van der Waals surface area contributed by atoms with Crippen LogP contribution >= 0.6 is 0 Å². The first-order valence-corrected chi connectivity index (χ1v) is 7.20. The van der Waals surface area contributed by atoms with Gasteiger partial charge in [-0.05, 0) is 24.3 Å². The van der Waals surface area contributed by atoms with Gasteiger partial charge in [0.05, 0.1) is 19.1 Å². The van der Waals surface area contributed by atoms with E-state index >= 15 is 0 Å². The quantitative estimate of drug-likeness (QED) is 0.560. The molecule has 9 nitrogen and oxygen atoms in total. The minimum Gasteiger partial charge on any atom is -0.493 e. The molecule has 2 heterocycles. The van der Waals surface area contributed by atoms with Crippen molar-refractivity contribution in [3.8, 4) is 11.5 Å². The summed E-state index contributed by atoms with van der Waals surface area (Å²) >= 11 is 0. The van der Waals surface area contributed by atoms with E-state index in [4.69, 9.17) is 9.47 Å². The summed E-state index contributed by atoms with van der Waals surface area (Å²) in [6, 6.07) is 9.75. The number of benzene rings is 1. The molecule has 0 aliphatic rings. The number of hydrogen-bond acceptors (Lipinski definition) is 7. The molecule has 0 saturated carbocycles. The molecule has 0 unspecified atom stereocenters. The van der Waals surface area contributed by atoms with E-state index in [1.165, 1.54) is 20.4 Å². The summed E-state index contributed by atoms with van der Waals surface area (Å²) in [6.45, 7) is 0. The summed E-state index contributed by atoms with van der Waals surface area (Å²) in [4.78, 5) is 27.2. The second-order valence-electron chi connectivity index (χ2n) is 4.99. The number of aromatic nitrogens is 2. The highest BCUT2D eigenvalue weighted by Crippen LogP contribution is 2.32. The van der Waals surface area contributed by atoms with E-state index in [0.29, 0.717) is 22.8 Å². The number of hydrogen-bond donors (Lipinski definition) is 1. The fraction of sp³-hybridized carbons (Fsp3) is 0.125. The highest BCUT2D eigenvalue weighted by Gasteiger charge is 2.23. The highest BCUT2D eigenvalue weighted by atomic mass is 16.6. The van der Waals surface area contributed by atoms with Gasteiger partial charge in [0, 0.05) is 18.0 Å². The van der Waals surface area contributed by atoms with Crippen molar-refractivity contribution >= 4 is 22.8 Å². The summed E-state index contributed by atoms with van der Waals surface area (Å²) < 4.78 is 11.5. The second-order valence-corrected chi connectivity index (χ2v) is 4.99. The van der Waals surface area contributed by atoms with Crippen molar-refractivity contribution in [2.45, 2.75) is 0 Å². The Labute approximate surface area is 141 Å². The Morgan fingerprint density at radius 2 is 1.92 bits per heavy atom. The van der Waals surface area contributed by atoms with Crippen molar-refractivity contribution in [2.24, 2.45) is 0 Å². The maximum absolute atomic E-state index is 12.4. The number of methoxy groups -OCH3 is 2. The van der Waals surface area contributed by atoms with Crippen LogP contribution in [0, 0.1) is 10.1 Å². The minimum atomic E-state index is -0.765. The Kier molecular flexibility index (Phi) is 4.21. The van der Waals surface area contributed by atoms with Crippen molar-refractivity contribution in [2.75, 3.05) is 19.5 Å². The molecular formula is C16H14N4O5. The van der Waals surface area contributed by atoms with Gasteiger partial charge in [0.15, 0.2) is 11.5 Å². The number of nitrogens with zero attached hydrogens (tertiary/aromatic N) is 3. The van der Waals surface area contributed by atoms with Gasteiger partial charge >= 0.3 is 11.2 Å². The third-order valence-corrected chi connectivity index (χ3v) is 3.54. The van der Waals surface area contributed by atoms with Crippen molar-refractivity contribution in [1.29, 1.82) is 0 Å². The van der Waals surface area contributed by atoms with Crippen molar-refractivity contribution in [3.63, 3.8) is 0 Å². The zero-order valence-electron chi connectivity index (χ0n) is 13.4. The summed E-state index contributed by atoms with van der Waals surface area (Å²) in [5.41, 5.74) is -0.647. The largest absolute Gasteiger partial charge is 0.493 e. The molecule has 0 aliphatic carbocycles. The molecule has 0 bridgehead atoms. The second kappa shape index (κ2) is 6.48. The molecule has 0 fully saturated rings. The third kappa shape index (κ3) is 2.94. The molecule has 0 atom stereocenters. The summed E-state index contributed by atoms with van der Waals surface area (Å²) in [5.74, 6) is 0.801. The van der Waals surface area contributed by atoms with E-state index in [0.717, 1.165) is 4.40 Å². The first kappa shape index (κ1) is 16.2. The van der Waals surface area contributed by atoms with Gasteiger partial charge in [0.2, 0.25) is 5.82 Å². The number of anilines is 2. The lowest BCUT2D eigenvalue weighted by Gasteiger charge is -2.11. The van der Waals surface area contributed by atoms with Gasteiger partial charge in [0.1, 0.15) is 5.65 Å². The van der Waals surface area contributed by atoms with Crippen LogP contribution in [-0.4, -0.2) is 28.5 Å². The van der Waals surface area contributed by atoms with Gasteiger partial charge in [-0.25, -0.2) is 4.98 Å². The monoisotopic (exact) mass is 342 g/mol. The average Bonchev–Trinajstić information content (AvgIpc) is 2.61. The first-order chi connectivity index (χ1) is 12.0. The van der Waals surface area contributed by atoms with Gasteiger partial charge in [-0.15, -0.1) is 0 Å². The Morgan fingerprint density at radius 3 is 2.60 bits per heavy atom. The molecule has 1 aromatic carbocycles. The number of fused-ring (bicyclic) bond motifs is 1. The van der Waals surface area contributed by atoms with Crippen LogP contribution < -0.4 is 20.3 Å². The van der Waals surface area contributed by atoms with E-state index in [9.17, 15) is 14.9 Å². The van der Waals surface area contributed by atoms with Crippen LogP contribution in [-0.2, 0) is 0 Å². The van der Waals surface area contributed by atoms with Crippen molar-refractivity contribution < 1.29 is 14.4 Å². The zero-order valence-corrected chi connectivity index (χ0v) is 13.4. The number of rotatable bonds is 5. The fourth-order valence-corrected chi connectivity index (χ4v) is 2.38. The maximum Gasteiger partial charge on any atom is 0.376 e. The minimum absolute atomic E-state index is 0.145. The lowest BCUT2D eigenvalue weighted by Crippen LogP contribution is -2.20. The van der Waals surface area contributed by atoms with Crippen LogP contribution in [0.15, 0.2) is 47.4 Å². The summed E-state index contributed by atoms with van der Waals surface area (Å²) in [6.07, 6.45) is 1.43. The lowest BCUT2D eigenvalue weighted by atomic mass is 10.2. The predicted molar refractivity (Wildman–Crippen MR) is 90.9 cm³/mol. The Morgan fingerprint density at radius 1 is 1.16 bits per heavy atom. The molecule has 2 aromatic heterocycles. The van der Waals surface area contributed by atoms with Gasteiger partial charge in [-0.2, -0.15) is 0 Å². The summed E-state index contributed by atoms with van der Waals surface area (Å²) in [7, 11) is 2.98. The molecule has 0 aliphatic heterocycles. The standard InChI is InChI=1S/C16H14N4O5/c1-24-11-7-6-10(9-12(11)25-2)17-15-14(20(22)23)16(21)19-8-4-3-5-13(19)18-15/h3-9,17H,1-2H3. The van der Waals surface area contributed by atoms with Gasteiger partial charge in [-0.3, -0.25) is 19.3 Å². The Balaban J connectivity index is 2.14. The molecular weight excluding hydrogens is 328 g/mol. The van der Waals surface area contributed by atoms with Crippen LogP contribution in [0.2, 0.25) is 0 Å². The lowest BCUT2D eigenvalue weighted by molar-refractivity contribution is -0.385. The third-order valence-electron chi connectivity index (χ3n) is 3.54. The topological polar surface area (TPSA) is 108 Å². The number of pyridine rings is 1. The SMILES string of the molecule is COc1ccc(Nc2nc3ccccn3c(=O)c2[N+](=O)[O-])cc1OC. The number of nitro groups is 1. The van der Waals surface area contributed by atoms with Gasteiger partial charge in [-0.1, -0.05) is 6.07 Å². The van der Waals surface area contributed by atoms with E-state index in [1.54, 1.807) is 36.4 Å². The first-order valence-electron chi connectivity index (χ1n) is 7.20. The smallest absolute Gasteiger partial charge is 0.376 e. The molecule has 3 rings (SSSR count). The van der Waals surface area contributed by atoms with Gasteiger partial charge < -0.3 is 14.8 Å². The highest BCUT2D eigenvalue weighted by molar-refractivity contribution is 5.69. The Hall–Kier alpha value is -3.62. The number of nitrogens with one attached hydrogen (secondary N) is 1. The van der Waals surface area contributed by atoms with Crippen LogP contribution in [0.3, 0.4) is 0 Å².